The molecule has 3 nitrogen and oxygen atoms in total. The maximum absolute atomic E-state index is 11.6. The van der Waals surface area contributed by atoms with E-state index in [9.17, 15) is 4.79 Å². The summed E-state index contributed by atoms with van der Waals surface area (Å²) in [5.74, 6) is -0.156. The minimum absolute atomic E-state index is 0.156. The van der Waals surface area contributed by atoms with Crippen LogP contribution in [0.4, 0.5) is 5.69 Å². The fourth-order valence-corrected chi connectivity index (χ4v) is 2.11. The first kappa shape index (κ1) is 15.8. The van der Waals surface area contributed by atoms with Gasteiger partial charge in [0.05, 0.1) is 10.6 Å². The van der Waals surface area contributed by atoms with Gasteiger partial charge in [-0.1, -0.05) is 44.2 Å². The largest absolute Gasteiger partial charge is 0.385 e. The second-order valence-electron chi connectivity index (χ2n) is 4.61. The molecule has 0 bridgehead atoms. The fraction of sp³-hybridized carbons (Fsp3) is 0.533. The first-order valence-corrected chi connectivity index (χ1v) is 7.32. The van der Waals surface area contributed by atoms with E-state index in [4.69, 9.17) is 11.6 Å². The Morgan fingerprint density at radius 2 is 1.95 bits per heavy atom. The van der Waals surface area contributed by atoms with Gasteiger partial charge < -0.3 is 10.6 Å². The van der Waals surface area contributed by atoms with Crippen LogP contribution in [0.2, 0.25) is 5.02 Å². The van der Waals surface area contributed by atoms with E-state index in [1.165, 1.54) is 25.7 Å². The van der Waals surface area contributed by atoms with Crippen molar-refractivity contribution in [2.45, 2.75) is 39.0 Å². The summed E-state index contributed by atoms with van der Waals surface area (Å²) >= 11 is 6.00. The Morgan fingerprint density at radius 1 is 1.21 bits per heavy atom. The standard InChI is InChI=1S/C15H23ClN2O/c1-3-4-5-6-7-10-18-12-8-9-14(16)13(11-12)15(19)17-2/h8-9,11,18H,3-7,10H2,1-2H3,(H,17,19). The van der Waals surface area contributed by atoms with Gasteiger partial charge in [-0.05, 0) is 24.6 Å². The summed E-state index contributed by atoms with van der Waals surface area (Å²) in [6.07, 6.45) is 6.26. The molecule has 19 heavy (non-hydrogen) atoms. The van der Waals surface area contributed by atoms with Crippen LogP contribution < -0.4 is 10.6 Å². The molecule has 0 spiro atoms. The molecule has 0 fully saturated rings. The van der Waals surface area contributed by atoms with E-state index >= 15 is 0 Å². The molecule has 0 aromatic heterocycles. The molecule has 0 unspecified atom stereocenters. The molecule has 0 radical (unpaired) electrons. The molecule has 1 amide bonds. The number of hydrogen-bond donors (Lipinski definition) is 2. The van der Waals surface area contributed by atoms with Crippen LogP contribution in [0.5, 0.6) is 0 Å². The molecule has 0 saturated carbocycles. The zero-order valence-corrected chi connectivity index (χ0v) is 12.5. The Balaban J connectivity index is 2.44. The van der Waals surface area contributed by atoms with Gasteiger partial charge in [0.15, 0.2) is 0 Å². The Kier molecular flexibility index (Phi) is 7.34. The number of carbonyl (C=O) groups excluding carboxylic acids is 1. The second kappa shape index (κ2) is 8.81. The van der Waals surface area contributed by atoms with Crippen LogP contribution >= 0.6 is 11.6 Å². The number of rotatable bonds is 8. The summed E-state index contributed by atoms with van der Waals surface area (Å²) in [5.41, 5.74) is 1.46. The van der Waals surface area contributed by atoms with Gasteiger partial charge in [-0.25, -0.2) is 0 Å². The van der Waals surface area contributed by atoms with Crippen molar-refractivity contribution in [3.63, 3.8) is 0 Å². The summed E-state index contributed by atoms with van der Waals surface area (Å²) in [5, 5.41) is 6.40. The highest BCUT2D eigenvalue weighted by molar-refractivity contribution is 6.34. The molecule has 1 aromatic rings. The number of benzene rings is 1. The first-order chi connectivity index (χ1) is 9.19. The third-order valence-electron chi connectivity index (χ3n) is 3.05. The van der Waals surface area contributed by atoms with Crippen molar-refractivity contribution in [1.82, 2.24) is 5.32 Å². The van der Waals surface area contributed by atoms with E-state index in [2.05, 4.69) is 17.6 Å². The summed E-state index contributed by atoms with van der Waals surface area (Å²) in [6, 6.07) is 5.46. The number of amides is 1. The first-order valence-electron chi connectivity index (χ1n) is 6.94. The fourth-order valence-electron chi connectivity index (χ4n) is 1.91. The Morgan fingerprint density at radius 3 is 2.63 bits per heavy atom. The van der Waals surface area contributed by atoms with Crippen molar-refractivity contribution in [1.29, 1.82) is 0 Å². The van der Waals surface area contributed by atoms with Gasteiger partial charge in [-0.2, -0.15) is 0 Å². The average Bonchev–Trinajstić information content (AvgIpc) is 2.43. The lowest BCUT2D eigenvalue weighted by molar-refractivity contribution is 0.0963. The molecule has 0 saturated heterocycles. The van der Waals surface area contributed by atoms with Crippen molar-refractivity contribution in [2.24, 2.45) is 0 Å². The number of anilines is 1. The molecule has 4 heteroatoms. The molecule has 2 N–H and O–H groups in total. The monoisotopic (exact) mass is 282 g/mol. The van der Waals surface area contributed by atoms with Gasteiger partial charge in [0, 0.05) is 19.3 Å². The van der Waals surface area contributed by atoms with Gasteiger partial charge in [0.25, 0.3) is 5.91 Å². The highest BCUT2D eigenvalue weighted by Crippen LogP contribution is 2.20. The van der Waals surface area contributed by atoms with E-state index in [-0.39, 0.29) is 5.91 Å². The van der Waals surface area contributed by atoms with Gasteiger partial charge in [-0.3, -0.25) is 4.79 Å². The lowest BCUT2D eigenvalue weighted by Crippen LogP contribution is -2.18. The minimum atomic E-state index is -0.156. The molecule has 106 valence electrons. The van der Waals surface area contributed by atoms with Crippen LogP contribution in [0.1, 0.15) is 49.4 Å². The Hall–Kier alpha value is -1.22. The highest BCUT2D eigenvalue weighted by Gasteiger charge is 2.09. The van der Waals surface area contributed by atoms with Crippen LogP contribution in [-0.4, -0.2) is 19.5 Å². The molecular formula is C15H23ClN2O. The van der Waals surface area contributed by atoms with Gasteiger partial charge in [0.1, 0.15) is 0 Å². The second-order valence-corrected chi connectivity index (χ2v) is 5.02. The molecular weight excluding hydrogens is 260 g/mol. The van der Waals surface area contributed by atoms with Crippen molar-refractivity contribution < 1.29 is 4.79 Å². The third-order valence-corrected chi connectivity index (χ3v) is 3.38. The zero-order valence-electron chi connectivity index (χ0n) is 11.8. The molecule has 1 rings (SSSR count). The van der Waals surface area contributed by atoms with Gasteiger partial charge >= 0.3 is 0 Å². The van der Waals surface area contributed by atoms with Gasteiger partial charge in [0.2, 0.25) is 0 Å². The minimum Gasteiger partial charge on any atom is -0.385 e. The lowest BCUT2D eigenvalue weighted by atomic mass is 10.1. The number of nitrogens with one attached hydrogen (secondary N) is 2. The predicted octanol–water partition coefficient (Wildman–Crippen LogP) is 4.08. The zero-order chi connectivity index (χ0) is 14.1. The summed E-state index contributed by atoms with van der Waals surface area (Å²) in [7, 11) is 1.60. The van der Waals surface area contributed by atoms with E-state index < -0.39 is 0 Å². The third kappa shape index (κ3) is 5.52. The topological polar surface area (TPSA) is 41.1 Å². The highest BCUT2D eigenvalue weighted by atomic mass is 35.5. The lowest BCUT2D eigenvalue weighted by Gasteiger charge is -2.09. The Bertz CT molecular complexity index is 407. The van der Waals surface area contributed by atoms with Crippen molar-refractivity contribution in [3.8, 4) is 0 Å². The van der Waals surface area contributed by atoms with Crippen LogP contribution in [-0.2, 0) is 0 Å². The number of unbranched alkanes of at least 4 members (excludes halogenated alkanes) is 4. The van der Waals surface area contributed by atoms with Crippen LogP contribution in [0.15, 0.2) is 18.2 Å². The molecule has 0 heterocycles. The molecule has 1 aromatic carbocycles. The van der Waals surface area contributed by atoms with Crippen LogP contribution in [0, 0.1) is 0 Å². The summed E-state index contributed by atoms with van der Waals surface area (Å²) in [6.45, 7) is 3.14. The summed E-state index contributed by atoms with van der Waals surface area (Å²) in [4.78, 5) is 11.6. The van der Waals surface area contributed by atoms with Crippen molar-refractivity contribution >= 4 is 23.2 Å². The smallest absolute Gasteiger partial charge is 0.252 e. The van der Waals surface area contributed by atoms with E-state index in [0.717, 1.165) is 18.7 Å². The van der Waals surface area contributed by atoms with E-state index in [1.807, 2.05) is 6.07 Å². The number of carbonyl (C=O) groups is 1. The van der Waals surface area contributed by atoms with Gasteiger partial charge in [-0.15, -0.1) is 0 Å². The summed E-state index contributed by atoms with van der Waals surface area (Å²) < 4.78 is 0. The van der Waals surface area contributed by atoms with Crippen molar-refractivity contribution in [2.75, 3.05) is 18.9 Å². The SMILES string of the molecule is CCCCCCCNc1ccc(Cl)c(C(=O)NC)c1. The van der Waals surface area contributed by atoms with Crippen molar-refractivity contribution in [3.05, 3.63) is 28.8 Å². The molecule has 0 aliphatic rings. The molecule has 0 aliphatic heterocycles. The van der Waals surface area contributed by atoms with Crippen LogP contribution in [0.25, 0.3) is 0 Å². The quantitative estimate of drug-likeness (QED) is 0.705. The maximum Gasteiger partial charge on any atom is 0.252 e. The predicted molar refractivity (Wildman–Crippen MR) is 82.1 cm³/mol. The average molecular weight is 283 g/mol. The maximum atomic E-state index is 11.6. The molecule has 0 aliphatic carbocycles. The number of halogens is 1. The van der Waals surface area contributed by atoms with E-state index in [0.29, 0.717) is 10.6 Å². The van der Waals surface area contributed by atoms with E-state index in [1.54, 1.807) is 19.2 Å². The molecule has 0 atom stereocenters. The Labute approximate surface area is 120 Å². The number of hydrogen-bond acceptors (Lipinski definition) is 2. The van der Waals surface area contributed by atoms with Crippen LogP contribution in [0.3, 0.4) is 0 Å². The normalized spacial score (nSPS) is 10.3.